The van der Waals surface area contributed by atoms with Gasteiger partial charge in [-0.2, -0.15) is 0 Å². The fraction of sp³-hybridized carbons (Fsp3) is 0.280. The zero-order valence-electron chi connectivity index (χ0n) is 17.0. The minimum atomic E-state index is -0.515. The standard InChI is InChI=1S/C24H18N4O4.CH4/c25-23(31)27-8-7-14-16(27)5-6-18-20(14)26-21(32-18)22(30)28-11-12-10-24(12)15-4-2-1-3-13(15)17(29)9-19(24)28;/h1-6,9,12H,7-8,10-11H2,(H2,25,31);1H4/t12-,24?;/m1./s1. The molecule has 1 saturated carbocycles. The number of nitrogens with two attached hydrogens (primary N) is 1. The van der Waals surface area contributed by atoms with E-state index in [2.05, 4.69) is 4.98 Å². The van der Waals surface area contributed by atoms with E-state index in [0.717, 1.165) is 28.8 Å². The number of amides is 3. The highest BCUT2D eigenvalue weighted by Crippen LogP contribution is 2.66. The van der Waals surface area contributed by atoms with Gasteiger partial charge >= 0.3 is 11.9 Å². The highest BCUT2D eigenvalue weighted by molar-refractivity contribution is 6.10. The van der Waals surface area contributed by atoms with Crippen molar-refractivity contribution in [1.82, 2.24) is 9.88 Å². The fourth-order valence-electron chi connectivity index (χ4n) is 5.90. The lowest BCUT2D eigenvalue weighted by Gasteiger charge is -2.28. The van der Waals surface area contributed by atoms with Crippen LogP contribution in [0.15, 0.2) is 52.6 Å². The molecule has 0 bridgehead atoms. The molecule has 2 fully saturated rings. The van der Waals surface area contributed by atoms with Crippen LogP contribution in [0.2, 0.25) is 0 Å². The van der Waals surface area contributed by atoms with Crippen LogP contribution in [0.5, 0.6) is 0 Å². The first-order valence-electron chi connectivity index (χ1n) is 10.7. The molecule has 8 nitrogen and oxygen atoms in total. The van der Waals surface area contributed by atoms with Crippen LogP contribution in [-0.2, 0) is 11.8 Å². The van der Waals surface area contributed by atoms with Crippen LogP contribution >= 0.6 is 0 Å². The van der Waals surface area contributed by atoms with E-state index in [1.165, 1.54) is 4.90 Å². The number of benzene rings is 2. The van der Waals surface area contributed by atoms with Crippen molar-refractivity contribution in [2.24, 2.45) is 11.7 Å². The molecule has 1 aromatic heterocycles. The summed E-state index contributed by atoms with van der Waals surface area (Å²) in [7, 11) is 0. The lowest BCUT2D eigenvalue weighted by molar-refractivity contribution is 0.0774. The van der Waals surface area contributed by atoms with Crippen molar-refractivity contribution in [3.05, 3.63) is 70.8 Å². The number of oxazole rings is 1. The van der Waals surface area contributed by atoms with Gasteiger partial charge in [-0.1, -0.05) is 31.7 Å². The van der Waals surface area contributed by atoms with Crippen molar-refractivity contribution in [3.8, 4) is 0 Å². The number of rotatable bonds is 1. The van der Waals surface area contributed by atoms with Gasteiger partial charge in [-0.05, 0) is 36.5 Å². The van der Waals surface area contributed by atoms with E-state index in [0.29, 0.717) is 42.2 Å². The molecule has 2 atom stereocenters. The third-order valence-corrected chi connectivity index (χ3v) is 7.41. The van der Waals surface area contributed by atoms with Gasteiger partial charge in [0.25, 0.3) is 5.89 Å². The molecule has 1 saturated heterocycles. The predicted molar refractivity (Wildman–Crippen MR) is 121 cm³/mol. The molecule has 1 unspecified atom stereocenters. The Morgan fingerprint density at radius 3 is 2.79 bits per heavy atom. The van der Waals surface area contributed by atoms with E-state index >= 15 is 0 Å². The molecule has 166 valence electrons. The highest BCUT2D eigenvalue weighted by Gasteiger charge is 2.67. The second-order valence-electron chi connectivity index (χ2n) is 8.90. The van der Waals surface area contributed by atoms with Crippen molar-refractivity contribution in [2.45, 2.75) is 25.7 Å². The molecular weight excluding hydrogens is 420 g/mol. The maximum Gasteiger partial charge on any atom is 0.319 e. The van der Waals surface area contributed by atoms with Gasteiger partial charge in [0.1, 0.15) is 5.52 Å². The normalized spacial score (nSPS) is 23.9. The SMILES string of the molecule is C.NC(=O)N1CCc2c1ccc1oc(C(=O)N3C[C@H]4CC45C3=CC(=O)c3ccccc35)nc21. The minimum Gasteiger partial charge on any atom is -0.432 e. The summed E-state index contributed by atoms with van der Waals surface area (Å²) >= 11 is 0. The van der Waals surface area contributed by atoms with Crippen molar-refractivity contribution >= 4 is 34.5 Å². The monoisotopic (exact) mass is 442 g/mol. The van der Waals surface area contributed by atoms with Crippen LogP contribution < -0.4 is 10.6 Å². The second-order valence-corrected chi connectivity index (χ2v) is 8.90. The molecule has 0 radical (unpaired) electrons. The maximum atomic E-state index is 13.5. The van der Waals surface area contributed by atoms with Gasteiger partial charge in [-0.25, -0.2) is 9.78 Å². The smallest absolute Gasteiger partial charge is 0.319 e. The first-order valence-corrected chi connectivity index (χ1v) is 10.7. The second kappa shape index (κ2) is 6.31. The Balaban J connectivity index is 0.00000206. The number of anilines is 1. The topological polar surface area (TPSA) is 110 Å². The molecular formula is C25H22N4O4. The maximum absolute atomic E-state index is 13.5. The van der Waals surface area contributed by atoms with E-state index in [9.17, 15) is 14.4 Å². The minimum absolute atomic E-state index is 0. The average Bonchev–Trinajstić information content (AvgIpc) is 3.13. The van der Waals surface area contributed by atoms with Gasteiger partial charge in [0, 0.05) is 41.4 Å². The van der Waals surface area contributed by atoms with E-state index in [1.807, 2.05) is 24.3 Å². The molecule has 2 aliphatic carbocycles. The number of aromatic nitrogens is 1. The van der Waals surface area contributed by atoms with Crippen molar-refractivity contribution in [2.75, 3.05) is 18.0 Å². The Morgan fingerprint density at radius 2 is 1.97 bits per heavy atom. The third kappa shape index (κ3) is 2.35. The lowest BCUT2D eigenvalue weighted by Crippen LogP contribution is -2.33. The summed E-state index contributed by atoms with van der Waals surface area (Å²) in [5.41, 5.74) is 10.3. The van der Waals surface area contributed by atoms with E-state index in [4.69, 9.17) is 10.2 Å². The van der Waals surface area contributed by atoms with Gasteiger partial charge in [-0.15, -0.1) is 0 Å². The number of allylic oxidation sites excluding steroid dienone is 2. The van der Waals surface area contributed by atoms with Gasteiger partial charge in [0.2, 0.25) is 0 Å². The number of urea groups is 1. The Hall–Kier alpha value is -3.94. The summed E-state index contributed by atoms with van der Waals surface area (Å²) in [6, 6.07) is 10.6. The number of ketones is 1. The summed E-state index contributed by atoms with van der Waals surface area (Å²) in [5, 5.41) is 0. The number of carbonyl (C=O) groups excluding carboxylic acids is 3. The molecule has 33 heavy (non-hydrogen) atoms. The Bertz CT molecular complexity index is 1440. The molecule has 2 aliphatic heterocycles. The van der Waals surface area contributed by atoms with Crippen LogP contribution in [0, 0.1) is 5.92 Å². The quantitative estimate of drug-likeness (QED) is 0.621. The van der Waals surface area contributed by atoms with Crippen LogP contribution in [0.25, 0.3) is 11.1 Å². The molecule has 4 aliphatic rings. The largest absolute Gasteiger partial charge is 0.432 e. The molecule has 1 spiro atoms. The van der Waals surface area contributed by atoms with E-state index in [-0.39, 0.29) is 30.4 Å². The molecule has 3 heterocycles. The third-order valence-electron chi connectivity index (χ3n) is 7.41. The zero-order chi connectivity index (χ0) is 21.8. The summed E-state index contributed by atoms with van der Waals surface area (Å²) < 4.78 is 5.84. The van der Waals surface area contributed by atoms with E-state index < -0.39 is 6.03 Å². The number of piperidine rings is 1. The molecule has 3 amide bonds. The van der Waals surface area contributed by atoms with Crippen molar-refractivity contribution in [1.29, 1.82) is 0 Å². The van der Waals surface area contributed by atoms with Gasteiger partial charge < -0.3 is 15.1 Å². The summed E-state index contributed by atoms with van der Waals surface area (Å²) in [4.78, 5) is 45.6. The Morgan fingerprint density at radius 1 is 1.15 bits per heavy atom. The number of primary amides is 1. The Kier molecular flexibility index (Phi) is 3.77. The van der Waals surface area contributed by atoms with Crippen molar-refractivity contribution in [3.63, 3.8) is 0 Å². The van der Waals surface area contributed by atoms with Crippen LogP contribution in [0.3, 0.4) is 0 Å². The zero-order valence-corrected chi connectivity index (χ0v) is 17.0. The lowest BCUT2D eigenvalue weighted by atomic mass is 9.81. The molecule has 2 aromatic carbocycles. The van der Waals surface area contributed by atoms with E-state index in [1.54, 1.807) is 23.1 Å². The molecule has 3 aromatic rings. The van der Waals surface area contributed by atoms with Crippen molar-refractivity contribution < 1.29 is 18.8 Å². The number of nitrogens with zero attached hydrogens (tertiary/aromatic N) is 3. The number of likely N-dealkylation sites (tertiary alicyclic amines) is 1. The highest BCUT2D eigenvalue weighted by atomic mass is 16.4. The fourth-order valence-corrected chi connectivity index (χ4v) is 5.90. The Labute approximate surface area is 189 Å². The van der Waals surface area contributed by atoms with Crippen LogP contribution in [-0.4, -0.2) is 40.7 Å². The number of carbonyl (C=O) groups is 3. The predicted octanol–water partition coefficient (Wildman–Crippen LogP) is 3.40. The number of fused-ring (bicyclic) bond motifs is 4. The summed E-state index contributed by atoms with van der Waals surface area (Å²) in [5.74, 6) is -0.127. The molecule has 8 heteroatoms. The van der Waals surface area contributed by atoms with Gasteiger partial charge in [0.05, 0.1) is 5.69 Å². The average molecular weight is 442 g/mol. The molecule has 2 N–H and O–H groups in total. The van der Waals surface area contributed by atoms with Gasteiger partial charge in [0.15, 0.2) is 11.4 Å². The summed E-state index contributed by atoms with van der Waals surface area (Å²) in [6.07, 6.45) is 3.15. The summed E-state index contributed by atoms with van der Waals surface area (Å²) in [6.45, 7) is 1.02. The first-order chi connectivity index (χ1) is 15.5. The number of hydrogen-bond acceptors (Lipinski definition) is 5. The number of hydrogen-bond donors (Lipinski definition) is 1. The molecule has 7 rings (SSSR count). The first kappa shape index (κ1) is 19.7. The van der Waals surface area contributed by atoms with Crippen LogP contribution in [0.1, 0.15) is 46.0 Å². The van der Waals surface area contributed by atoms with Gasteiger partial charge in [-0.3, -0.25) is 14.5 Å². The van der Waals surface area contributed by atoms with Crippen LogP contribution in [0.4, 0.5) is 10.5 Å².